The van der Waals surface area contributed by atoms with Gasteiger partial charge in [0, 0.05) is 34.2 Å². The van der Waals surface area contributed by atoms with Gasteiger partial charge in [0.2, 0.25) is 5.95 Å². The lowest BCUT2D eigenvalue weighted by Crippen LogP contribution is -1.98. The summed E-state index contributed by atoms with van der Waals surface area (Å²) in [4.78, 5) is 6.14. The summed E-state index contributed by atoms with van der Waals surface area (Å²) in [6.07, 6.45) is 2.53. The molecule has 0 atom stereocenters. The second kappa shape index (κ2) is 5.07. The van der Waals surface area contributed by atoms with E-state index in [1.165, 1.54) is 22.0 Å². The molecule has 0 aliphatic rings. The zero-order chi connectivity index (χ0) is 11.4. The Kier molecular flexibility index (Phi) is 3.51. The predicted molar refractivity (Wildman–Crippen MR) is 65.2 cm³/mol. The summed E-state index contributed by atoms with van der Waals surface area (Å²) >= 11 is 1.78. The number of thiophene rings is 1. The van der Waals surface area contributed by atoms with Crippen LogP contribution < -0.4 is 5.32 Å². The van der Waals surface area contributed by atoms with Gasteiger partial charge in [0.25, 0.3) is 0 Å². The molecule has 2 heterocycles. The van der Waals surface area contributed by atoms with Crippen LogP contribution in [0, 0.1) is 5.95 Å². The van der Waals surface area contributed by atoms with Crippen LogP contribution in [0.15, 0.2) is 30.5 Å². The number of hydrogen-bond acceptors (Lipinski definition) is 3. The molecular weight excluding hydrogens is 223 g/mol. The molecule has 0 fully saturated rings. The van der Waals surface area contributed by atoms with Gasteiger partial charge in [-0.15, -0.1) is 11.3 Å². The quantitative estimate of drug-likeness (QED) is 0.822. The van der Waals surface area contributed by atoms with Gasteiger partial charge >= 0.3 is 0 Å². The molecule has 2 aromatic heterocycles. The van der Waals surface area contributed by atoms with Gasteiger partial charge in [-0.2, -0.15) is 4.39 Å². The molecule has 0 aliphatic carbocycles. The summed E-state index contributed by atoms with van der Waals surface area (Å²) in [6.45, 7) is 2.87. The third kappa shape index (κ3) is 2.79. The first kappa shape index (κ1) is 11.1. The van der Waals surface area contributed by atoms with Crippen molar-refractivity contribution in [3.05, 3.63) is 46.2 Å². The van der Waals surface area contributed by atoms with E-state index in [9.17, 15) is 4.39 Å². The number of rotatable bonds is 4. The fraction of sp³-hybridized carbons (Fsp3) is 0.250. The Morgan fingerprint density at radius 3 is 2.81 bits per heavy atom. The number of aromatic nitrogens is 1. The van der Waals surface area contributed by atoms with Gasteiger partial charge in [-0.05, 0) is 24.6 Å². The van der Waals surface area contributed by atoms with Gasteiger partial charge < -0.3 is 5.32 Å². The molecule has 0 spiro atoms. The summed E-state index contributed by atoms with van der Waals surface area (Å²) in [5.41, 5.74) is 0.763. The number of pyridine rings is 1. The Bertz CT molecular complexity index is 468. The van der Waals surface area contributed by atoms with Crippen LogP contribution in [0.1, 0.15) is 16.7 Å². The van der Waals surface area contributed by atoms with Crippen LogP contribution in [0.3, 0.4) is 0 Å². The Morgan fingerprint density at radius 1 is 1.31 bits per heavy atom. The number of aryl methyl sites for hydroxylation is 1. The summed E-state index contributed by atoms with van der Waals surface area (Å²) in [5.74, 6) is -0.453. The molecule has 1 N–H and O–H groups in total. The number of nitrogens with one attached hydrogen (secondary N) is 1. The molecule has 16 heavy (non-hydrogen) atoms. The SMILES string of the molecule is CCc1ccc(CNc2ccnc(F)c2)s1. The van der Waals surface area contributed by atoms with Crippen LogP contribution in [-0.4, -0.2) is 4.98 Å². The van der Waals surface area contributed by atoms with Crippen molar-refractivity contribution in [2.75, 3.05) is 5.32 Å². The highest BCUT2D eigenvalue weighted by molar-refractivity contribution is 7.12. The average Bonchev–Trinajstić information content (AvgIpc) is 2.74. The summed E-state index contributed by atoms with van der Waals surface area (Å²) in [7, 11) is 0. The van der Waals surface area contributed by atoms with Gasteiger partial charge in [-0.1, -0.05) is 6.92 Å². The molecule has 4 heteroatoms. The average molecular weight is 236 g/mol. The van der Waals surface area contributed by atoms with E-state index in [1.54, 1.807) is 17.4 Å². The standard InChI is InChI=1S/C12H13FN2S/c1-2-10-3-4-11(16-10)8-15-9-5-6-14-12(13)7-9/h3-7H,2,8H2,1H3,(H,14,15). The van der Waals surface area contributed by atoms with Crippen LogP contribution in [0.4, 0.5) is 10.1 Å². The van der Waals surface area contributed by atoms with Crippen LogP contribution >= 0.6 is 11.3 Å². The van der Waals surface area contributed by atoms with Crippen molar-refractivity contribution in [1.82, 2.24) is 4.98 Å². The topological polar surface area (TPSA) is 24.9 Å². The van der Waals surface area contributed by atoms with E-state index in [-0.39, 0.29) is 0 Å². The van der Waals surface area contributed by atoms with Gasteiger partial charge in [0.05, 0.1) is 0 Å². The minimum absolute atomic E-state index is 0.453. The second-order valence-electron chi connectivity index (χ2n) is 3.44. The molecule has 2 nitrogen and oxygen atoms in total. The number of hydrogen-bond donors (Lipinski definition) is 1. The minimum atomic E-state index is -0.453. The summed E-state index contributed by atoms with van der Waals surface area (Å²) in [6, 6.07) is 7.40. The van der Waals surface area contributed by atoms with Crippen molar-refractivity contribution >= 4 is 17.0 Å². The molecule has 2 rings (SSSR count). The van der Waals surface area contributed by atoms with Crippen molar-refractivity contribution in [1.29, 1.82) is 0 Å². The maximum absolute atomic E-state index is 12.8. The first-order valence-corrected chi connectivity index (χ1v) is 6.02. The van der Waals surface area contributed by atoms with E-state index in [0.717, 1.165) is 18.7 Å². The molecule has 0 bridgehead atoms. The smallest absolute Gasteiger partial charge is 0.214 e. The van der Waals surface area contributed by atoms with Crippen molar-refractivity contribution in [3.8, 4) is 0 Å². The number of nitrogens with zero attached hydrogens (tertiary/aromatic N) is 1. The van der Waals surface area contributed by atoms with E-state index < -0.39 is 5.95 Å². The second-order valence-corrected chi connectivity index (χ2v) is 4.70. The van der Waals surface area contributed by atoms with E-state index in [2.05, 4.69) is 29.4 Å². The van der Waals surface area contributed by atoms with Crippen LogP contribution in [0.5, 0.6) is 0 Å². The molecule has 84 valence electrons. The molecule has 0 saturated heterocycles. The van der Waals surface area contributed by atoms with E-state index >= 15 is 0 Å². The van der Waals surface area contributed by atoms with Crippen LogP contribution in [0.2, 0.25) is 0 Å². The van der Waals surface area contributed by atoms with Crippen molar-refractivity contribution in [2.45, 2.75) is 19.9 Å². The first-order valence-electron chi connectivity index (χ1n) is 5.21. The molecule has 0 aliphatic heterocycles. The minimum Gasteiger partial charge on any atom is -0.380 e. The molecule has 0 unspecified atom stereocenters. The predicted octanol–water partition coefficient (Wildman–Crippen LogP) is 3.46. The maximum atomic E-state index is 12.8. The summed E-state index contributed by atoms with van der Waals surface area (Å²) in [5, 5.41) is 3.17. The first-order chi connectivity index (χ1) is 7.78. The number of anilines is 1. The van der Waals surface area contributed by atoms with E-state index in [0.29, 0.717) is 0 Å². The Balaban J connectivity index is 1.96. The highest BCUT2D eigenvalue weighted by Crippen LogP contribution is 2.18. The molecular formula is C12H13FN2S. The molecule has 0 saturated carbocycles. The summed E-state index contributed by atoms with van der Waals surface area (Å²) < 4.78 is 12.8. The van der Waals surface area contributed by atoms with Crippen molar-refractivity contribution in [3.63, 3.8) is 0 Å². The lowest BCUT2D eigenvalue weighted by atomic mass is 10.3. The highest BCUT2D eigenvalue weighted by Gasteiger charge is 1.99. The zero-order valence-corrected chi connectivity index (χ0v) is 9.85. The third-order valence-electron chi connectivity index (χ3n) is 2.26. The van der Waals surface area contributed by atoms with Crippen molar-refractivity contribution in [2.24, 2.45) is 0 Å². The zero-order valence-electron chi connectivity index (χ0n) is 9.03. The maximum Gasteiger partial charge on any atom is 0.214 e. The van der Waals surface area contributed by atoms with Gasteiger partial charge in [-0.3, -0.25) is 0 Å². The fourth-order valence-electron chi connectivity index (χ4n) is 1.41. The lowest BCUT2D eigenvalue weighted by molar-refractivity contribution is 0.584. The molecule has 0 radical (unpaired) electrons. The van der Waals surface area contributed by atoms with Gasteiger partial charge in [0.15, 0.2) is 0 Å². The molecule has 2 aromatic rings. The Morgan fingerprint density at radius 2 is 2.12 bits per heavy atom. The molecule has 0 aromatic carbocycles. The van der Waals surface area contributed by atoms with Crippen LogP contribution in [0.25, 0.3) is 0 Å². The molecule has 0 amide bonds. The largest absolute Gasteiger partial charge is 0.380 e. The lowest BCUT2D eigenvalue weighted by Gasteiger charge is -2.03. The van der Waals surface area contributed by atoms with Gasteiger partial charge in [-0.25, -0.2) is 4.98 Å². The highest BCUT2D eigenvalue weighted by atomic mass is 32.1. The monoisotopic (exact) mass is 236 g/mol. The van der Waals surface area contributed by atoms with E-state index in [1.807, 2.05) is 0 Å². The fourth-order valence-corrected chi connectivity index (χ4v) is 2.31. The Hall–Kier alpha value is -1.42. The van der Waals surface area contributed by atoms with Crippen molar-refractivity contribution < 1.29 is 4.39 Å². The number of halogens is 1. The van der Waals surface area contributed by atoms with Crippen LogP contribution in [-0.2, 0) is 13.0 Å². The Labute approximate surface area is 98.2 Å². The van der Waals surface area contributed by atoms with Gasteiger partial charge in [0.1, 0.15) is 0 Å². The third-order valence-corrected chi connectivity index (χ3v) is 3.49. The van der Waals surface area contributed by atoms with E-state index in [4.69, 9.17) is 0 Å². The normalized spacial score (nSPS) is 10.4.